The van der Waals surface area contributed by atoms with Crippen LogP contribution in [0, 0.1) is 5.92 Å². The summed E-state index contributed by atoms with van der Waals surface area (Å²) in [6.07, 6.45) is 11.5. The van der Waals surface area contributed by atoms with Gasteiger partial charge < -0.3 is 31.4 Å². The van der Waals surface area contributed by atoms with Gasteiger partial charge in [0.05, 0.1) is 24.5 Å². The molecule has 0 spiro atoms. The number of nitrogens with zero attached hydrogens (tertiary/aromatic N) is 2. The molecule has 1 aliphatic heterocycles. The van der Waals surface area contributed by atoms with Gasteiger partial charge in [-0.1, -0.05) is 18.2 Å². The molecule has 1 fully saturated rings. The molecule has 3 unspecified atom stereocenters. The second-order valence-electron chi connectivity index (χ2n) is 8.88. The molecule has 3 atom stereocenters. The van der Waals surface area contributed by atoms with Crippen molar-refractivity contribution >= 4 is 11.6 Å². The third-order valence-corrected chi connectivity index (χ3v) is 6.39. The predicted octanol–water partition coefficient (Wildman–Crippen LogP) is 2.62. The van der Waals surface area contributed by atoms with Gasteiger partial charge in [-0.2, -0.15) is 0 Å². The predicted molar refractivity (Wildman–Crippen MR) is 134 cm³/mol. The summed E-state index contributed by atoms with van der Waals surface area (Å²) in [7, 11) is 1.66. The SMILES string of the molecule is COC1=CCC(CNC(=O)c2cccc(/C(=C/N)n3cc(C4CCNC4)nc3C(C)N)c2)C=C1. The summed E-state index contributed by atoms with van der Waals surface area (Å²) in [6.45, 7) is 4.37. The Morgan fingerprint density at radius 3 is 2.88 bits per heavy atom. The van der Waals surface area contributed by atoms with Gasteiger partial charge in [0.25, 0.3) is 5.91 Å². The zero-order chi connectivity index (χ0) is 24.1. The van der Waals surface area contributed by atoms with Gasteiger partial charge in [-0.05, 0) is 56.5 Å². The van der Waals surface area contributed by atoms with Crippen LogP contribution in [0.4, 0.5) is 0 Å². The zero-order valence-electron chi connectivity index (χ0n) is 19.8. The Bertz CT molecular complexity index is 1110. The van der Waals surface area contributed by atoms with Gasteiger partial charge in [-0.15, -0.1) is 0 Å². The number of benzene rings is 1. The van der Waals surface area contributed by atoms with Gasteiger partial charge in [0, 0.05) is 42.5 Å². The second-order valence-corrected chi connectivity index (χ2v) is 8.88. The lowest BCUT2D eigenvalue weighted by molar-refractivity contribution is 0.0949. The van der Waals surface area contributed by atoms with E-state index in [1.54, 1.807) is 13.3 Å². The summed E-state index contributed by atoms with van der Waals surface area (Å²) in [4.78, 5) is 17.7. The van der Waals surface area contributed by atoms with Crippen molar-refractivity contribution in [1.29, 1.82) is 0 Å². The first-order valence-electron chi connectivity index (χ1n) is 11.8. The van der Waals surface area contributed by atoms with Crippen molar-refractivity contribution in [1.82, 2.24) is 20.2 Å². The largest absolute Gasteiger partial charge is 0.497 e. The molecule has 0 saturated carbocycles. The standard InChI is InChI=1S/C26H34N6O2/c1-17(28)25-31-23(21-10-11-29-15-21)16-32(25)24(13-27)19-4-3-5-20(12-19)26(33)30-14-18-6-8-22(34-2)9-7-18/h3-6,8-9,12-13,16-18,21,29H,7,10-11,14-15,27-28H2,1-2H3,(H,30,33)/b24-13-. The topological polar surface area (TPSA) is 120 Å². The summed E-state index contributed by atoms with van der Waals surface area (Å²) in [6, 6.07) is 7.21. The van der Waals surface area contributed by atoms with Crippen LogP contribution < -0.4 is 22.1 Å². The summed E-state index contributed by atoms with van der Waals surface area (Å²) in [5.74, 6) is 2.09. The number of carbonyl (C=O) groups excluding carboxylic acids is 1. The molecule has 1 amide bonds. The Morgan fingerprint density at radius 2 is 2.24 bits per heavy atom. The molecule has 1 aliphatic carbocycles. The van der Waals surface area contributed by atoms with Crippen LogP contribution in [-0.2, 0) is 4.74 Å². The second kappa shape index (κ2) is 10.7. The van der Waals surface area contributed by atoms with Crippen molar-refractivity contribution in [3.63, 3.8) is 0 Å². The molecule has 4 rings (SSSR count). The minimum Gasteiger partial charge on any atom is -0.497 e. The Morgan fingerprint density at radius 1 is 1.41 bits per heavy atom. The van der Waals surface area contributed by atoms with Crippen LogP contribution in [-0.4, -0.2) is 42.2 Å². The lowest BCUT2D eigenvalue weighted by Gasteiger charge is -2.17. The van der Waals surface area contributed by atoms with E-state index in [9.17, 15) is 4.79 Å². The third kappa shape index (κ3) is 5.24. The monoisotopic (exact) mass is 462 g/mol. The Kier molecular flexibility index (Phi) is 7.49. The Labute approximate surface area is 200 Å². The molecule has 8 heteroatoms. The smallest absolute Gasteiger partial charge is 0.251 e. The fourth-order valence-electron chi connectivity index (χ4n) is 4.44. The summed E-state index contributed by atoms with van der Waals surface area (Å²) in [5.41, 5.74) is 15.5. The molecule has 34 heavy (non-hydrogen) atoms. The number of aromatic nitrogens is 2. The number of ether oxygens (including phenoxy) is 1. The average Bonchev–Trinajstić information content (AvgIpc) is 3.54. The van der Waals surface area contributed by atoms with Crippen molar-refractivity contribution in [3.05, 3.63) is 83.3 Å². The molecule has 0 bridgehead atoms. The molecule has 0 radical (unpaired) electrons. The molecule has 2 aliphatic rings. The first-order valence-corrected chi connectivity index (χ1v) is 11.8. The number of allylic oxidation sites excluding steroid dienone is 2. The molecule has 8 nitrogen and oxygen atoms in total. The van der Waals surface area contributed by atoms with Gasteiger partial charge in [0.15, 0.2) is 0 Å². The minimum atomic E-state index is -0.263. The van der Waals surface area contributed by atoms with Crippen molar-refractivity contribution in [3.8, 4) is 0 Å². The Hall–Kier alpha value is -3.36. The minimum absolute atomic E-state index is 0.121. The highest BCUT2D eigenvalue weighted by Crippen LogP contribution is 2.28. The molecule has 2 aromatic rings. The van der Waals surface area contributed by atoms with E-state index >= 15 is 0 Å². The first kappa shape index (κ1) is 23.8. The van der Waals surface area contributed by atoms with Crippen molar-refractivity contribution in [2.24, 2.45) is 17.4 Å². The number of carbonyl (C=O) groups is 1. The number of methoxy groups -OCH3 is 1. The number of imidazole rings is 1. The number of nitrogens with two attached hydrogens (primary N) is 2. The lowest BCUT2D eigenvalue weighted by Crippen LogP contribution is -2.29. The normalized spacial score (nSPS) is 21.3. The maximum atomic E-state index is 12.9. The lowest BCUT2D eigenvalue weighted by atomic mass is 10.00. The zero-order valence-corrected chi connectivity index (χ0v) is 19.8. The van der Waals surface area contributed by atoms with E-state index in [0.717, 1.165) is 54.5 Å². The van der Waals surface area contributed by atoms with Crippen LogP contribution in [0.3, 0.4) is 0 Å². The molecule has 1 saturated heterocycles. The summed E-state index contributed by atoms with van der Waals surface area (Å²) < 4.78 is 7.18. The van der Waals surface area contributed by atoms with Crippen molar-refractivity contribution in [2.45, 2.75) is 31.7 Å². The maximum Gasteiger partial charge on any atom is 0.251 e. The van der Waals surface area contributed by atoms with E-state index in [4.69, 9.17) is 21.2 Å². The molecule has 1 aromatic carbocycles. The van der Waals surface area contributed by atoms with Gasteiger partial charge in [-0.3, -0.25) is 4.79 Å². The van der Waals surface area contributed by atoms with Crippen LogP contribution in [0.25, 0.3) is 5.70 Å². The van der Waals surface area contributed by atoms with Crippen LogP contribution in [0.5, 0.6) is 0 Å². The van der Waals surface area contributed by atoms with E-state index in [1.807, 2.05) is 54.1 Å². The fourth-order valence-corrected chi connectivity index (χ4v) is 4.44. The van der Waals surface area contributed by atoms with Gasteiger partial charge in [0.2, 0.25) is 0 Å². The maximum absolute atomic E-state index is 12.9. The quantitative estimate of drug-likeness (QED) is 0.479. The van der Waals surface area contributed by atoms with E-state index in [2.05, 4.69) is 16.7 Å². The van der Waals surface area contributed by atoms with Crippen LogP contribution >= 0.6 is 0 Å². The van der Waals surface area contributed by atoms with Gasteiger partial charge in [0.1, 0.15) is 11.6 Å². The number of hydrogen-bond donors (Lipinski definition) is 4. The van der Waals surface area contributed by atoms with Gasteiger partial charge >= 0.3 is 0 Å². The molecule has 2 heterocycles. The molecule has 180 valence electrons. The van der Waals surface area contributed by atoms with Gasteiger partial charge in [-0.25, -0.2) is 4.98 Å². The first-order chi connectivity index (χ1) is 16.5. The highest BCUT2D eigenvalue weighted by atomic mass is 16.5. The Balaban J connectivity index is 1.51. The highest BCUT2D eigenvalue weighted by molar-refractivity contribution is 5.95. The van der Waals surface area contributed by atoms with E-state index in [0.29, 0.717) is 18.0 Å². The number of amides is 1. The third-order valence-electron chi connectivity index (χ3n) is 6.39. The number of rotatable bonds is 8. The van der Waals surface area contributed by atoms with Crippen LogP contribution in [0.2, 0.25) is 0 Å². The highest BCUT2D eigenvalue weighted by Gasteiger charge is 2.24. The van der Waals surface area contributed by atoms with E-state index in [-0.39, 0.29) is 17.9 Å². The molecular formula is C26H34N6O2. The number of nitrogens with one attached hydrogen (secondary N) is 2. The molecular weight excluding hydrogens is 428 g/mol. The summed E-state index contributed by atoms with van der Waals surface area (Å²) >= 11 is 0. The van der Waals surface area contributed by atoms with Crippen molar-refractivity contribution < 1.29 is 9.53 Å². The number of hydrogen-bond acceptors (Lipinski definition) is 6. The fraction of sp³-hybridized carbons (Fsp3) is 0.385. The van der Waals surface area contributed by atoms with Crippen LogP contribution in [0.1, 0.15) is 59.2 Å². The van der Waals surface area contributed by atoms with Crippen LogP contribution in [0.15, 0.2) is 60.6 Å². The molecule has 6 N–H and O–H groups in total. The summed E-state index contributed by atoms with van der Waals surface area (Å²) in [5, 5.41) is 6.43. The van der Waals surface area contributed by atoms with E-state index < -0.39 is 0 Å². The molecule has 1 aromatic heterocycles. The van der Waals surface area contributed by atoms with E-state index in [1.165, 1.54) is 0 Å². The average molecular weight is 463 g/mol. The van der Waals surface area contributed by atoms with Crippen molar-refractivity contribution in [2.75, 3.05) is 26.7 Å².